The van der Waals surface area contributed by atoms with Crippen molar-refractivity contribution in [1.29, 1.82) is 0 Å². The normalized spacial score (nSPS) is 15.6. The summed E-state index contributed by atoms with van der Waals surface area (Å²) >= 11 is 6.09. The van der Waals surface area contributed by atoms with Gasteiger partial charge in [0.25, 0.3) is 0 Å². The van der Waals surface area contributed by atoms with E-state index in [9.17, 15) is 14.1 Å². The van der Waals surface area contributed by atoms with Crippen molar-refractivity contribution in [3.05, 3.63) is 88.2 Å². The zero-order chi connectivity index (χ0) is 22.2. The SMILES string of the molecule is CC1=C(C(=O)OF)C(c2cccc(Cl)c2)C(C(=O)OCCCOc2ccccc2)=CN1. The van der Waals surface area contributed by atoms with Gasteiger partial charge in [0.05, 0.1) is 30.3 Å². The van der Waals surface area contributed by atoms with Crippen LogP contribution in [0.5, 0.6) is 5.75 Å². The fourth-order valence-corrected chi connectivity index (χ4v) is 3.45. The molecule has 31 heavy (non-hydrogen) atoms. The quantitative estimate of drug-likeness (QED) is 0.472. The molecule has 2 aromatic carbocycles. The molecule has 0 amide bonds. The Morgan fingerprint density at radius 3 is 2.55 bits per heavy atom. The first-order valence-corrected chi connectivity index (χ1v) is 9.99. The van der Waals surface area contributed by atoms with E-state index in [4.69, 9.17) is 21.1 Å². The van der Waals surface area contributed by atoms with Crippen molar-refractivity contribution in [3.8, 4) is 5.75 Å². The Morgan fingerprint density at radius 2 is 1.84 bits per heavy atom. The molecule has 1 unspecified atom stereocenters. The highest BCUT2D eigenvalue weighted by molar-refractivity contribution is 6.30. The standard InChI is InChI=1S/C23H21ClFNO5/c1-15-20(23(28)31-25)21(16-7-5-8-17(24)13-16)19(14-26-15)22(27)30-12-6-11-29-18-9-3-2-4-10-18/h2-5,7-10,13-14,21,26H,6,11-12H2,1H3. The van der Waals surface area contributed by atoms with Crippen LogP contribution >= 0.6 is 11.6 Å². The molecule has 1 heterocycles. The highest BCUT2D eigenvalue weighted by Gasteiger charge is 2.36. The third kappa shape index (κ3) is 5.64. The second-order valence-corrected chi connectivity index (χ2v) is 7.22. The molecule has 6 nitrogen and oxygen atoms in total. The number of para-hydroxylation sites is 1. The van der Waals surface area contributed by atoms with E-state index in [1.807, 2.05) is 30.3 Å². The number of benzene rings is 2. The van der Waals surface area contributed by atoms with E-state index in [-0.39, 0.29) is 17.8 Å². The maximum Gasteiger partial charge on any atom is 0.378 e. The molecular formula is C23H21ClFNO5. The molecule has 0 spiro atoms. The number of nitrogens with one attached hydrogen (secondary N) is 1. The summed E-state index contributed by atoms with van der Waals surface area (Å²) < 4.78 is 23.7. The molecule has 8 heteroatoms. The van der Waals surface area contributed by atoms with Crippen molar-refractivity contribution in [3.63, 3.8) is 0 Å². The number of esters is 1. The lowest BCUT2D eigenvalue weighted by molar-refractivity contribution is -0.178. The first kappa shape index (κ1) is 22.4. The lowest BCUT2D eigenvalue weighted by Gasteiger charge is -2.27. The maximum absolute atomic E-state index is 12.8. The molecule has 1 N–H and O–H groups in total. The van der Waals surface area contributed by atoms with E-state index >= 15 is 0 Å². The summed E-state index contributed by atoms with van der Waals surface area (Å²) in [6, 6.07) is 15.9. The van der Waals surface area contributed by atoms with Crippen LogP contribution in [0.1, 0.15) is 24.8 Å². The number of rotatable bonds is 8. The first-order chi connectivity index (χ1) is 15.0. The fraction of sp³-hybridized carbons (Fsp3) is 0.217. The van der Waals surface area contributed by atoms with E-state index in [2.05, 4.69) is 10.3 Å². The number of hydrogen-bond acceptors (Lipinski definition) is 6. The van der Waals surface area contributed by atoms with Crippen LogP contribution in [-0.4, -0.2) is 25.2 Å². The summed E-state index contributed by atoms with van der Waals surface area (Å²) in [5, 5.41) is 3.22. The molecule has 0 radical (unpaired) electrons. The van der Waals surface area contributed by atoms with E-state index in [0.29, 0.717) is 29.3 Å². The van der Waals surface area contributed by atoms with Gasteiger partial charge in [-0.05, 0) is 36.8 Å². The Hall–Kier alpha value is -3.32. The van der Waals surface area contributed by atoms with Crippen LogP contribution in [-0.2, 0) is 19.3 Å². The molecule has 1 atom stereocenters. The molecule has 1 aliphatic rings. The summed E-state index contributed by atoms with van der Waals surface area (Å²) in [4.78, 5) is 28.4. The predicted octanol–water partition coefficient (Wildman–Crippen LogP) is 4.62. The van der Waals surface area contributed by atoms with Crippen LogP contribution in [0, 0.1) is 0 Å². The maximum atomic E-state index is 12.8. The number of halogens is 2. The van der Waals surface area contributed by atoms with Crippen molar-refractivity contribution in [2.24, 2.45) is 0 Å². The van der Waals surface area contributed by atoms with Crippen molar-refractivity contribution in [2.75, 3.05) is 13.2 Å². The van der Waals surface area contributed by atoms with Gasteiger partial charge in [0.15, 0.2) is 0 Å². The van der Waals surface area contributed by atoms with Crippen LogP contribution in [0.2, 0.25) is 5.02 Å². The molecule has 0 aliphatic carbocycles. The van der Waals surface area contributed by atoms with Crippen molar-refractivity contribution < 1.29 is 28.5 Å². The summed E-state index contributed by atoms with van der Waals surface area (Å²) in [6.45, 7) is 2.06. The first-order valence-electron chi connectivity index (χ1n) is 9.62. The Kier molecular flexibility index (Phi) is 7.67. The third-order valence-electron chi connectivity index (χ3n) is 4.69. The summed E-state index contributed by atoms with van der Waals surface area (Å²) in [7, 11) is 0. The lowest BCUT2D eigenvalue weighted by Crippen LogP contribution is -2.29. The molecule has 0 bridgehead atoms. The Labute approximate surface area is 184 Å². The minimum Gasteiger partial charge on any atom is -0.493 e. The van der Waals surface area contributed by atoms with Gasteiger partial charge in [0.2, 0.25) is 0 Å². The molecule has 0 fully saturated rings. The number of allylic oxidation sites excluding steroid dienone is 1. The van der Waals surface area contributed by atoms with E-state index in [1.54, 1.807) is 31.2 Å². The van der Waals surface area contributed by atoms with E-state index in [0.717, 1.165) is 5.75 Å². The fourth-order valence-electron chi connectivity index (χ4n) is 3.25. The van der Waals surface area contributed by atoms with Gasteiger partial charge in [-0.1, -0.05) is 41.9 Å². The van der Waals surface area contributed by atoms with Crippen molar-refractivity contribution in [1.82, 2.24) is 5.32 Å². The van der Waals surface area contributed by atoms with Gasteiger partial charge in [-0.3, -0.25) is 0 Å². The number of ether oxygens (including phenoxy) is 2. The third-order valence-corrected chi connectivity index (χ3v) is 4.92. The number of carbonyl (C=O) groups excluding carboxylic acids is 2. The van der Waals surface area contributed by atoms with Gasteiger partial charge >= 0.3 is 11.9 Å². The molecule has 0 aromatic heterocycles. The molecular weight excluding hydrogens is 425 g/mol. The van der Waals surface area contributed by atoms with Gasteiger partial charge in [-0.15, -0.1) is 0 Å². The van der Waals surface area contributed by atoms with Gasteiger partial charge < -0.3 is 14.8 Å². The average molecular weight is 446 g/mol. The average Bonchev–Trinajstić information content (AvgIpc) is 2.78. The number of carbonyl (C=O) groups is 2. The Bertz CT molecular complexity index is 1010. The van der Waals surface area contributed by atoms with E-state index in [1.165, 1.54) is 6.20 Å². The monoisotopic (exact) mass is 445 g/mol. The van der Waals surface area contributed by atoms with Crippen LogP contribution in [0.15, 0.2) is 77.6 Å². The summed E-state index contributed by atoms with van der Waals surface area (Å²) in [5.41, 5.74) is 0.994. The highest BCUT2D eigenvalue weighted by atomic mass is 35.5. The minimum atomic E-state index is -1.19. The second-order valence-electron chi connectivity index (χ2n) is 6.79. The lowest BCUT2D eigenvalue weighted by atomic mass is 9.82. The van der Waals surface area contributed by atoms with Gasteiger partial charge in [0.1, 0.15) is 5.75 Å². The molecule has 0 saturated carbocycles. The minimum absolute atomic E-state index is 0.0355. The van der Waals surface area contributed by atoms with Crippen LogP contribution in [0.25, 0.3) is 0 Å². The van der Waals surface area contributed by atoms with Crippen molar-refractivity contribution >= 4 is 23.5 Å². The Balaban J connectivity index is 1.70. The second kappa shape index (κ2) is 10.6. The zero-order valence-electron chi connectivity index (χ0n) is 16.8. The molecule has 3 rings (SSSR count). The van der Waals surface area contributed by atoms with Gasteiger partial charge in [0, 0.05) is 27.9 Å². The largest absolute Gasteiger partial charge is 0.493 e. The van der Waals surface area contributed by atoms with Gasteiger partial charge in [-0.2, -0.15) is 0 Å². The summed E-state index contributed by atoms with van der Waals surface area (Å²) in [6.07, 6.45) is 1.91. The topological polar surface area (TPSA) is 73.9 Å². The molecule has 0 saturated heterocycles. The predicted molar refractivity (Wildman–Crippen MR) is 113 cm³/mol. The molecule has 162 valence electrons. The highest BCUT2D eigenvalue weighted by Crippen LogP contribution is 2.37. The van der Waals surface area contributed by atoms with Crippen molar-refractivity contribution in [2.45, 2.75) is 19.3 Å². The van der Waals surface area contributed by atoms with E-state index < -0.39 is 17.9 Å². The zero-order valence-corrected chi connectivity index (χ0v) is 17.5. The van der Waals surface area contributed by atoms with Crippen LogP contribution in [0.3, 0.4) is 0 Å². The van der Waals surface area contributed by atoms with Gasteiger partial charge in [-0.25, -0.2) is 14.5 Å². The van der Waals surface area contributed by atoms with Crippen LogP contribution < -0.4 is 10.1 Å². The van der Waals surface area contributed by atoms with Crippen LogP contribution in [0.4, 0.5) is 4.53 Å². The Morgan fingerprint density at radius 1 is 1.06 bits per heavy atom. The molecule has 1 aliphatic heterocycles. The smallest absolute Gasteiger partial charge is 0.378 e. The summed E-state index contributed by atoms with van der Waals surface area (Å²) in [5.74, 6) is -2.00. The number of hydrogen-bond donors (Lipinski definition) is 1. The molecule has 2 aromatic rings. The number of dihydropyridines is 1.